The summed E-state index contributed by atoms with van der Waals surface area (Å²) < 4.78 is 0. The van der Waals surface area contributed by atoms with E-state index in [-0.39, 0.29) is 18.1 Å². The predicted molar refractivity (Wildman–Crippen MR) is 55.0 cm³/mol. The maximum atomic E-state index is 9.79. The van der Waals surface area contributed by atoms with Crippen LogP contribution in [0.15, 0.2) is 0 Å². The second-order valence-electron chi connectivity index (χ2n) is 5.25. The molecule has 0 aromatic heterocycles. The second-order valence-corrected chi connectivity index (χ2v) is 5.25. The van der Waals surface area contributed by atoms with Gasteiger partial charge in [-0.1, -0.05) is 6.92 Å². The van der Waals surface area contributed by atoms with Crippen LogP contribution in [-0.4, -0.2) is 47.0 Å². The molecule has 1 aliphatic carbocycles. The van der Waals surface area contributed by atoms with Crippen LogP contribution in [0.25, 0.3) is 0 Å². The summed E-state index contributed by atoms with van der Waals surface area (Å²) in [5.41, 5.74) is 0.0717. The maximum Gasteiger partial charge on any atom is 0.0695 e. The molecular formula is C11H21NO2. The summed E-state index contributed by atoms with van der Waals surface area (Å²) in [7, 11) is 0. The molecule has 14 heavy (non-hydrogen) atoms. The molecule has 0 radical (unpaired) electrons. The normalized spacial score (nSPS) is 44.8. The molecule has 3 atom stereocenters. The van der Waals surface area contributed by atoms with Crippen molar-refractivity contribution in [1.82, 2.24) is 4.90 Å². The minimum absolute atomic E-state index is 0.0717. The molecule has 1 heterocycles. The van der Waals surface area contributed by atoms with E-state index in [9.17, 15) is 10.2 Å². The molecule has 2 aliphatic rings. The first kappa shape index (κ1) is 10.4. The van der Waals surface area contributed by atoms with Gasteiger partial charge in [-0.2, -0.15) is 0 Å². The Bertz CT molecular complexity index is 209. The molecule has 2 N–H and O–H groups in total. The second kappa shape index (κ2) is 3.80. The Balaban J connectivity index is 1.95. The smallest absolute Gasteiger partial charge is 0.0695 e. The maximum absolute atomic E-state index is 9.79. The highest BCUT2D eigenvalue weighted by Gasteiger charge is 2.39. The molecule has 0 bridgehead atoms. The van der Waals surface area contributed by atoms with Gasteiger partial charge < -0.3 is 10.2 Å². The zero-order valence-corrected chi connectivity index (χ0v) is 8.95. The number of rotatable bonds is 2. The van der Waals surface area contributed by atoms with Gasteiger partial charge in [0.05, 0.1) is 6.10 Å². The van der Waals surface area contributed by atoms with Crippen molar-refractivity contribution in [3.05, 3.63) is 0 Å². The highest BCUT2D eigenvalue weighted by Crippen LogP contribution is 2.34. The van der Waals surface area contributed by atoms with Crippen LogP contribution in [0.2, 0.25) is 0 Å². The Morgan fingerprint density at radius 3 is 2.71 bits per heavy atom. The van der Waals surface area contributed by atoms with Crippen molar-refractivity contribution in [2.24, 2.45) is 5.41 Å². The average Bonchev–Trinajstić information content (AvgIpc) is 2.73. The van der Waals surface area contributed by atoms with Crippen molar-refractivity contribution < 1.29 is 10.2 Å². The van der Waals surface area contributed by atoms with Gasteiger partial charge in [0.1, 0.15) is 0 Å². The molecule has 2 fully saturated rings. The number of nitrogens with zero attached hydrogens (tertiary/aromatic N) is 1. The van der Waals surface area contributed by atoms with Crippen LogP contribution in [-0.2, 0) is 0 Å². The van der Waals surface area contributed by atoms with Crippen LogP contribution in [0.3, 0.4) is 0 Å². The van der Waals surface area contributed by atoms with Gasteiger partial charge in [0.15, 0.2) is 0 Å². The van der Waals surface area contributed by atoms with Crippen molar-refractivity contribution in [1.29, 1.82) is 0 Å². The molecule has 1 saturated carbocycles. The van der Waals surface area contributed by atoms with Crippen LogP contribution in [0.5, 0.6) is 0 Å². The molecule has 0 aromatic rings. The number of hydrogen-bond acceptors (Lipinski definition) is 3. The highest BCUT2D eigenvalue weighted by atomic mass is 16.3. The standard InChI is InChI=1S/C11H21NO2/c1-11(8-13)5-6-12(7-11)9-3-2-4-10(9)14/h9-10,13-14H,2-8H2,1H3/t9-,10-,11?/m1/s1. The van der Waals surface area contributed by atoms with Crippen molar-refractivity contribution in [2.75, 3.05) is 19.7 Å². The molecule has 0 aromatic carbocycles. The first-order valence-electron chi connectivity index (χ1n) is 5.68. The van der Waals surface area contributed by atoms with Crippen LogP contribution < -0.4 is 0 Å². The van der Waals surface area contributed by atoms with Crippen LogP contribution in [0, 0.1) is 5.41 Å². The molecule has 1 unspecified atom stereocenters. The molecule has 82 valence electrons. The third kappa shape index (κ3) is 1.81. The molecule has 3 nitrogen and oxygen atoms in total. The lowest BCUT2D eigenvalue weighted by molar-refractivity contribution is 0.0702. The van der Waals surface area contributed by atoms with Crippen molar-refractivity contribution in [3.63, 3.8) is 0 Å². The molecule has 0 spiro atoms. The molecule has 0 amide bonds. The summed E-state index contributed by atoms with van der Waals surface area (Å²) in [5, 5.41) is 19.1. The van der Waals surface area contributed by atoms with Gasteiger partial charge in [0.2, 0.25) is 0 Å². The van der Waals surface area contributed by atoms with Gasteiger partial charge in [-0.3, -0.25) is 4.90 Å². The van der Waals surface area contributed by atoms with Crippen LogP contribution >= 0.6 is 0 Å². The van der Waals surface area contributed by atoms with Crippen LogP contribution in [0.4, 0.5) is 0 Å². The van der Waals surface area contributed by atoms with Gasteiger partial charge in [-0.15, -0.1) is 0 Å². The van der Waals surface area contributed by atoms with Gasteiger partial charge >= 0.3 is 0 Å². The van der Waals surface area contributed by atoms with E-state index in [1.807, 2.05) is 0 Å². The van der Waals surface area contributed by atoms with E-state index < -0.39 is 0 Å². The van der Waals surface area contributed by atoms with Gasteiger partial charge in [0, 0.05) is 24.6 Å². The number of likely N-dealkylation sites (tertiary alicyclic amines) is 1. The summed E-state index contributed by atoms with van der Waals surface area (Å²) in [4.78, 5) is 2.37. The van der Waals surface area contributed by atoms with E-state index in [1.54, 1.807) is 0 Å². The minimum Gasteiger partial charge on any atom is -0.396 e. The lowest BCUT2D eigenvalue weighted by atomic mass is 9.91. The lowest BCUT2D eigenvalue weighted by Crippen LogP contribution is -2.40. The van der Waals surface area contributed by atoms with Crippen LogP contribution in [0.1, 0.15) is 32.6 Å². The molecule has 3 heteroatoms. The highest BCUT2D eigenvalue weighted by molar-refractivity contribution is 4.93. The lowest BCUT2D eigenvalue weighted by Gasteiger charge is -2.28. The Kier molecular flexibility index (Phi) is 2.82. The number of hydrogen-bond donors (Lipinski definition) is 2. The van der Waals surface area contributed by atoms with E-state index in [1.165, 1.54) is 0 Å². The fourth-order valence-electron chi connectivity index (χ4n) is 2.82. The minimum atomic E-state index is -0.129. The summed E-state index contributed by atoms with van der Waals surface area (Å²) in [6, 6.07) is 0.364. The molecule has 1 saturated heterocycles. The topological polar surface area (TPSA) is 43.7 Å². The summed E-state index contributed by atoms with van der Waals surface area (Å²) >= 11 is 0. The summed E-state index contributed by atoms with van der Waals surface area (Å²) in [6.45, 7) is 4.39. The van der Waals surface area contributed by atoms with Gasteiger partial charge in [0.25, 0.3) is 0 Å². The van der Waals surface area contributed by atoms with Gasteiger partial charge in [-0.25, -0.2) is 0 Å². The quantitative estimate of drug-likeness (QED) is 0.684. The van der Waals surface area contributed by atoms with Gasteiger partial charge in [-0.05, 0) is 32.2 Å². The van der Waals surface area contributed by atoms with E-state index >= 15 is 0 Å². The van der Waals surface area contributed by atoms with Crippen molar-refractivity contribution >= 4 is 0 Å². The van der Waals surface area contributed by atoms with E-state index in [0.29, 0.717) is 6.04 Å². The summed E-state index contributed by atoms with van der Waals surface area (Å²) in [6.07, 6.45) is 4.17. The Hall–Kier alpha value is -0.120. The predicted octanol–water partition coefficient (Wildman–Crippen LogP) is 0.604. The van der Waals surface area contributed by atoms with E-state index in [4.69, 9.17) is 0 Å². The van der Waals surface area contributed by atoms with E-state index in [0.717, 1.165) is 38.8 Å². The first-order chi connectivity index (χ1) is 6.64. The first-order valence-corrected chi connectivity index (χ1v) is 5.68. The Morgan fingerprint density at radius 1 is 1.43 bits per heavy atom. The largest absolute Gasteiger partial charge is 0.396 e. The van der Waals surface area contributed by atoms with E-state index in [2.05, 4.69) is 11.8 Å². The fourth-order valence-corrected chi connectivity index (χ4v) is 2.82. The average molecular weight is 199 g/mol. The Labute approximate surface area is 85.7 Å². The molecule has 1 aliphatic heterocycles. The SMILES string of the molecule is CC1(CO)CCN([C@@H]2CCC[C@H]2O)C1. The number of aliphatic hydroxyl groups excluding tert-OH is 2. The summed E-state index contributed by atoms with van der Waals surface area (Å²) in [5.74, 6) is 0. The monoisotopic (exact) mass is 199 g/mol. The third-order valence-corrected chi connectivity index (χ3v) is 3.88. The zero-order valence-electron chi connectivity index (χ0n) is 8.95. The molecular weight excluding hydrogens is 178 g/mol. The zero-order chi connectivity index (χ0) is 10.2. The fraction of sp³-hybridized carbons (Fsp3) is 1.00. The molecule has 2 rings (SSSR count). The van der Waals surface area contributed by atoms with Crippen molar-refractivity contribution in [2.45, 2.75) is 44.8 Å². The Morgan fingerprint density at radius 2 is 2.21 bits per heavy atom. The van der Waals surface area contributed by atoms with Crippen molar-refractivity contribution in [3.8, 4) is 0 Å². The number of aliphatic hydroxyl groups is 2. The third-order valence-electron chi connectivity index (χ3n) is 3.88.